The van der Waals surface area contributed by atoms with E-state index in [1.54, 1.807) is 7.11 Å². The van der Waals surface area contributed by atoms with Crippen LogP contribution in [0.3, 0.4) is 0 Å². The van der Waals surface area contributed by atoms with Crippen LogP contribution in [0.4, 0.5) is 0 Å². The van der Waals surface area contributed by atoms with E-state index in [4.69, 9.17) is 26.2 Å². The van der Waals surface area contributed by atoms with E-state index in [0.717, 1.165) is 44.8 Å². The number of hydrogen-bond donors (Lipinski definition) is 0. The number of rotatable bonds is 3. The third-order valence-electron chi connectivity index (χ3n) is 5.33. The van der Waals surface area contributed by atoms with Crippen LogP contribution in [0.1, 0.15) is 35.4 Å². The molecule has 0 radical (unpaired) electrons. The summed E-state index contributed by atoms with van der Waals surface area (Å²) in [6.45, 7) is 0. The summed E-state index contributed by atoms with van der Waals surface area (Å²) in [5.74, 6) is 1.69. The summed E-state index contributed by atoms with van der Waals surface area (Å²) in [5, 5.41) is 7.73. The first kappa shape index (κ1) is 18.5. The lowest BCUT2D eigenvalue weighted by molar-refractivity contribution is -0.0190. The maximum absolute atomic E-state index is 6.37. The monoisotopic (exact) mass is 468 g/mol. The molecule has 3 aromatic rings. The number of ether oxygens (including phenoxy) is 2. The molecule has 0 amide bonds. The van der Waals surface area contributed by atoms with E-state index in [2.05, 4.69) is 33.1 Å². The number of methoxy groups -OCH3 is 1. The van der Waals surface area contributed by atoms with Gasteiger partial charge in [0.1, 0.15) is 11.5 Å². The molecule has 3 aromatic carbocycles. The van der Waals surface area contributed by atoms with Gasteiger partial charge >= 0.3 is 0 Å². The van der Waals surface area contributed by atoms with Crippen molar-refractivity contribution in [1.82, 2.24) is 5.01 Å². The second-order valence-electron chi connectivity index (χ2n) is 7.08. The molecule has 6 heteroatoms. The lowest BCUT2D eigenvalue weighted by Crippen LogP contribution is -2.33. The Balaban J connectivity index is 1.57. The molecule has 0 spiro atoms. The number of halogens is 2. The van der Waals surface area contributed by atoms with Crippen LogP contribution in [0.15, 0.2) is 76.3 Å². The third-order valence-corrected chi connectivity index (χ3v) is 6.09. The lowest BCUT2D eigenvalue weighted by Gasteiger charge is -2.38. The van der Waals surface area contributed by atoms with Gasteiger partial charge in [0.2, 0.25) is 6.23 Å². The Morgan fingerprint density at radius 3 is 2.55 bits per heavy atom. The van der Waals surface area contributed by atoms with Gasteiger partial charge in [0.05, 0.1) is 18.9 Å². The first-order valence-electron chi connectivity index (χ1n) is 9.34. The van der Waals surface area contributed by atoms with E-state index in [1.165, 1.54) is 0 Å². The first-order chi connectivity index (χ1) is 14.1. The summed E-state index contributed by atoms with van der Waals surface area (Å²) in [4.78, 5) is 0. The number of nitrogens with zero attached hydrogens (tertiary/aromatic N) is 2. The van der Waals surface area contributed by atoms with Crippen LogP contribution in [0, 0.1) is 0 Å². The number of fused-ring (bicyclic) bond motifs is 3. The lowest BCUT2D eigenvalue weighted by atomic mass is 9.96. The molecule has 2 unspecified atom stereocenters. The summed E-state index contributed by atoms with van der Waals surface area (Å²) < 4.78 is 12.7. The average Bonchev–Trinajstić information content (AvgIpc) is 3.20. The van der Waals surface area contributed by atoms with Gasteiger partial charge in [0, 0.05) is 27.0 Å². The predicted molar refractivity (Wildman–Crippen MR) is 118 cm³/mol. The molecule has 29 heavy (non-hydrogen) atoms. The van der Waals surface area contributed by atoms with Crippen molar-refractivity contribution in [2.24, 2.45) is 5.10 Å². The third kappa shape index (κ3) is 3.38. The van der Waals surface area contributed by atoms with Gasteiger partial charge in [-0.15, -0.1) is 0 Å². The highest BCUT2D eigenvalue weighted by Crippen LogP contribution is 2.48. The minimum absolute atomic E-state index is 0.0724. The van der Waals surface area contributed by atoms with E-state index in [9.17, 15) is 0 Å². The molecule has 2 atom stereocenters. The largest absolute Gasteiger partial charge is 0.497 e. The molecule has 0 bridgehead atoms. The number of hydrogen-bond acceptors (Lipinski definition) is 4. The fourth-order valence-electron chi connectivity index (χ4n) is 3.86. The van der Waals surface area contributed by atoms with Gasteiger partial charge < -0.3 is 9.47 Å². The van der Waals surface area contributed by atoms with Crippen molar-refractivity contribution in [2.75, 3.05) is 7.11 Å². The Morgan fingerprint density at radius 2 is 1.83 bits per heavy atom. The Kier molecular flexibility index (Phi) is 4.72. The molecular weight excluding hydrogens is 452 g/mol. The Bertz CT molecular complexity index is 1080. The van der Waals surface area contributed by atoms with Crippen LogP contribution >= 0.6 is 27.5 Å². The molecule has 0 aromatic heterocycles. The molecule has 146 valence electrons. The second kappa shape index (κ2) is 7.39. The average molecular weight is 470 g/mol. The van der Waals surface area contributed by atoms with Gasteiger partial charge in [0.15, 0.2) is 0 Å². The van der Waals surface area contributed by atoms with Crippen LogP contribution in [-0.2, 0) is 0 Å². The van der Waals surface area contributed by atoms with Crippen molar-refractivity contribution in [3.8, 4) is 11.5 Å². The summed E-state index contributed by atoms with van der Waals surface area (Å²) in [7, 11) is 1.67. The van der Waals surface area contributed by atoms with Gasteiger partial charge in [-0.2, -0.15) is 5.10 Å². The van der Waals surface area contributed by atoms with Gasteiger partial charge in [-0.05, 0) is 60.2 Å². The van der Waals surface area contributed by atoms with E-state index in [0.29, 0.717) is 5.02 Å². The Labute approximate surface area is 182 Å². The zero-order valence-corrected chi connectivity index (χ0v) is 18.0. The molecule has 2 aliphatic rings. The minimum Gasteiger partial charge on any atom is -0.497 e. The zero-order chi connectivity index (χ0) is 20.0. The van der Waals surface area contributed by atoms with Crippen molar-refractivity contribution in [3.05, 3.63) is 92.9 Å². The molecule has 2 aliphatic heterocycles. The summed E-state index contributed by atoms with van der Waals surface area (Å²) >= 11 is 9.80. The van der Waals surface area contributed by atoms with E-state index >= 15 is 0 Å². The topological polar surface area (TPSA) is 34.1 Å². The fraction of sp³-hybridized carbons (Fsp3) is 0.174. The highest BCUT2D eigenvalue weighted by atomic mass is 79.9. The van der Waals surface area contributed by atoms with Crippen LogP contribution in [0.5, 0.6) is 11.5 Å². The van der Waals surface area contributed by atoms with Crippen LogP contribution in [-0.4, -0.2) is 17.8 Å². The summed E-state index contributed by atoms with van der Waals surface area (Å²) in [6.07, 6.45) is 0.494. The van der Waals surface area contributed by atoms with Crippen molar-refractivity contribution >= 4 is 33.2 Å². The molecule has 0 saturated heterocycles. The zero-order valence-electron chi connectivity index (χ0n) is 15.7. The van der Waals surface area contributed by atoms with E-state index < -0.39 is 0 Å². The summed E-state index contributed by atoms with van der Waals surface area (Å²) in [6, 6.07) is 22.1. The quantitative estimate of drug-likeness (QED) is 0.448. The van der Waals surface area contributed by atoms with Gasteiger partial charge in [-0.3, -0.25) is 0 Å². The van der Waals surface area contributed by atoms with Crippen molar-refractivity contribution < 1.29 is 9.47 Å². The van der Waals surface area contributed by atoms with Crippen LogP contribution in [0.25, 0.3) is 0 Å². The molecule has 0 fully saturated rings. The summed E-state index contributed by atoms with van der Waals surface area (Å²) in [5.41, 5.74) is 4.23. The first-order valence-corrected chi connectivity index (χ1v) is 10.5. The van der Waals surface area contributed by atoms with Gasteiger partial charge in [-0.25, -0.2) is 5.01 Å². The fourth-order valence-corrected chi connectivity index (χ4v) is 4.31. The predicted octanol–water partition coefficient (Wildman–Crippen LogP) is 6.35. The van der Waals surface area contributed by atoms with E-state index in [-0.39, 0.29) is 12.3 Å². The Hall–Kier alpha value is -2.50. The Morgan fingerprint density at radius 1 is 1.07 bits per heavy atom. The molecule has 4 nitrogen and oxygen atoms in total. The maximum atomic E-state index is 6.37. The molecule has 2 heterocycles. The minimum atomic E-state index is -0.294. The van der Waals surface area contributed by atoms with Crippen LogP contribution < -0.4 is 9.47 Å². The standard InChI is InChI=1S/C23H18BrClN2O2/c1-28-18-9-4-14(5-10-18)20-13-21-19-12-17(25)8-11-22(19)29-23(27(21)26-20)15-2-6-16(24)7-3-15/h2-12,21,23H,13H2,1H3. The SMILES string of the molecule is COc1ccc(C2=NN3C(C2)c2cc(Cl)ccc2OC3c2ccc(Br)cc2)cc1. The van der Waals surface area contributed by atoms with Gasteiger partial charge in [-0.1, -0.05) is 39.7 Å². The smallest absolute Gasteiger partial charge is 0.213 e. The van der Waals surface area contributed by atoms with Crippen molar-refractivity contribution in [2.45, 2.75) is 18.7 Å². The molecular formula is C23H18BrClN2O2. The van der Waals surface area contributed by atoms with Gasteiger partial charge in [0.25, 0.3) is 0 Å². The highest BCUT2D eigenvalue weighted by Gasteiger charge is 2.41. The molecule has 0 aliphatic carbocycles. The normalized spacial score (nSPS) is 19.8. The number of benzene rings is 3. The number of hydrazone groups is 1. The molecule has 0 N–H and O–H groups in total. The highest BCUT2D eigenvalue weighted by molar-refractivity contribution is 9.10. The molecule has 0 saturated carbocycles. The van der Waals surface area contributed by atoms with Crippen molar-refractivity contribution in [3.63, 3.8) is 0 Å². The van der Waals surface area contributed by atoms with Crippen molar-refractivity contribution in [1.29, 1.82) is 0 Å². The maximum Gasteiger partial charge on any atom is 0.213 e. The molecule has 5 rings (SSSR count). The second-order valence-corrected chi connectivity index (χ2v) is 8.43. The van der Waals surface area contributed by atoms with Crippen LogP contribution in [0.2, 0.25) is 5.02 Å². The van der Waals surface area contributed by atoms with E-state index in [1.807, 2.05) is 54.6 Å².